The van der Waals surface area contributed by atoms with Gasteiger partial charge < -0.3 is 10.3 Å². The number of nitrogens with zero attached hydrogens (tertiary/aromatic N) is 1. The highest BCUT2D eigenvalue weighted by Crippen LogP contribution is 2.15. The number of para-hydroxylation sites is 1. The van der Waals surface area contributed by atoms with E-state index in [9.17, 15) is 13.6 Å². The van der Waals surface area contributed by atoms with Gasteiger partial charge in [0.15, 0.2) is 11.6 Å². The van der Waals surface area contributed by atoms with Crippen LogP contribution in [0.4, 0.5) is 19.3 Å². The Bertz CT molecular complexity index is 889. The van der Waals surface area contributed by atoms with Gasteiger partial charge in [0, 0.05) is 34.4 Å². The average Bonchev–Trinajstić information content (AvgIpc) is 2.94. The third-order valence-electron chi connectivity index (χ3n) is 3.17. The van der Waals surface area contributed by atoms with Gasteiger partial charge in [-0.1, -0.05) is 18.2 Å². The smallest absolute Gasteiger partial charge is 0.339 e. The zero-order valence-corrected chi connectivity index (χ0v) is 11.8. The van der Waals surface area contributed by atoms with Gasteiger partial charge in [0.2, 0.25) is 0 Å². The number of carbonyl (C=O) groups excluding carboxylic acids is 1. The number of halogens is 2. The van der Waals surface area contributed by atoms with E-state index in [1.165, 1.54) is 12.3 Å². The van der Waals surface area contributed by atoms with Crippen LogP contribution in [0.1, 0.15) is 5.56 Å². The van der Waals surface area contributed by atoms with Crippen molar-refractivity contribution >= 4 is 28.8 Å². The SMILES string of the molecule is O=C(NN=Cc1c[nH]c2ccccc12)Nc1ccc(F)c(F)c1. The first-order valence-corrected chi connectivity index (χ1v) is 6.75. The van der Waals surface area contributed by atoms with E-state index in [0.717, 1.165) is 28.6 Å². The number of urea groups is 1. The van der Waals surface area contributed by atoms with Gasteiger partial charge >= 0.3 is 6.03 Å². The molecule has 0 saturated carbocycles. The number of fused-ring (bicyclic) bond motifs is 1. The maximum absolute atomic E-state index is 13.0. The molecule has 0 unspecified atom stereocenters. The van der Waals surface area contributed by atoms with E-state index in [2.05, 4.69) is 20.8 Å². The molecule has 5 nitrogen and oxygen atoms in total. The van der Waals surface area contributed by atoms with Gasteiger partial charge in [0.25, 0.3) is 0 Å². The fourth-order valence-electron chi connectivity index (χ4n) is 2.09. The van der Waals surface area contributed by atoms with Crippen LogP contribution in [-0.2, 0) is 0 Å². The van der Waals surface area contributed by atoms with Crippen LogP contribution in [0, 0.1) is 11.6 Å². The molecule has 23 heavy (non-hydrogen) atoms. The van der Waals surface area contributed by atoms with Crippen molar-refractivity contribution < 1.29 is 13.6 Å². The van der Waals surface area contributed by atoms with Crippen LogP contribution in [0.3, 0.4) is 0 Å². The quantitative estimate of drug-likeness (QED) is 0.502. The summed E-state index contributed by atoms with van der Waals surface area (Å²) in [6, 6.07) is 10.1. The lowest BCUT2D eigenvalue weighted by Crippen LogP contribution is -2.24. The van der Waals surface area contributed by atoms with Crippen molar-refractivity contribution in [2.24, 2.45) is 5.10 Å². The molecule has 0 aliphatic heterocycles. The van der Waals surface area contributed by atoms with E-state index in [1.54, 1.807) is 6.20 Å². The highest BCUT2D eigenvalue weighted by Gasteiger charge is 2.05. The standard InChI is InChI=1S/C16H12F2N4O/c17-13-6-5-11(7-14(13)18)21-16(23)22-20-9-10-8-19-15-4-2-1-3-12(10)15/h1-9,19H,(H2,21,22,23). The van der Waals surface area contributed by atoms with Gasteiger partial charge in [0.1, 0.15) is 0 Å². The molecule has 0 atom stereocenters. The largest absolute Gasteiger partial charge is 0.361 e. The normalized spacial score (nSPS) is 11.0. The number of H-pyrrole nitrogens is 1. The lowest BCUT2D eigenvalue weighted by atomic mass is 10.2. The highest BCUT2D eigenvalue weighted by molar-refractivity contribution is 5.99. The molecule has 0 saturated heterocycles. The van der Waals surface area contributed by atoms with Gasteiger partial charge in [-0.25, -0.2) is 19.0 Å². The molecule has 1 heterocycles. The number of aromatic nitrogens is 1. The number of rotatable bonds is 3. The summed E-state index contributed by atoms with van der Waals surface area (Å²) in [4.78, 5) is 14.7. The number of nitrogens with one attached hydrogen (secondary N) is 3. The Morgan fingerprint density at radius 1 is 1.13 bits per heavy atom. The predicted molar refractivity (Wildman–Crippen MR) is 84.4 cm³/mol. The highest BCUT2D eigenvalue weighted by atomic mass is 19.2. The van der Waals surface area contributed by atoms with Crippen LogP contribution in [0.15, 0.2) is 53.8 Å². The fourth-order valence-corrected chi connectivity index (χ4v) is 2.09. The monoisotopic (exact) mass is 314 g/mol. The molecule has 0 fully saturated rings. The lowest BCUT2D eigenvalue weighted by molar-refractivity contribution is 0.252. The zero-order chi connectivity index (χ0) is 16.2. The van der Waals surface area contributed by atoms with E-state index in [4.69, 9.17) is 0 Å². The summed E-state index contributed by atoms with van der Waals surface area (Å²) >= 11 is 0. The van der Waals surface area contributed by atoms with Crippen LogP contribution in [0.2, 0.25) is 0 Å². The maximum atomic E-state index is 13.0. The minimum absolute atomic E-state index is 0.128. The Hall–Kier alpha value is -3.22. The Kier molecular flexibility index (Phi) is 4.01. The fraction of sp³-hybridized carbons (Fsp3) is 0. The second-order valence-electron chi connectivity index (χ2n) is 4.74. The Labute approximate surface area is 130 Å². The summed E-state index contributed by atoms with van der Waals surface area (Å²) < 4.78 is 25.8. The van der Waals surface area contributed by atoms with E-state index in [0.29, 0.717) is 0 Å². The minimum atomic E-state index is -1.04. The molecular formula is C16H12F2N4O. The van der Waals surface area contributed by atoms with Crippen molar-refractivity contribution in [3.05, 3.63) is 65.9 Å². The molecule has 116 valence electrons. The van der Waals surface area contributed by atoms with E-state index in [1.807, 2.05) is 24.3 Å². The van der Waals surface area contributed by atoms with E-state index < -0.39 is 17.7 Å². The summed E-state index contributed by atoms with van der Waals surface area (Å²) in [6.45, 7) is 0. The molecule has 0 aliphatic rings. The number of carbonyl (C=O) groups is 1. The van der Waals surface area contributed by atoms with E-state index >= 15 is 0 Å². The summed E-state index contributed by atoms with van der Waals surface area (Å²) in [5.74, 6) is -2.02. The van der Waals surface area contributed by atoms with Crippen LogP contribution in [0.5, 0.6) is 0 Å². The van der Waals surface area contributed by atoms with Crippen molar-refractivity contribution in [2.75, 3.05) is 5.32 Å². The van der Waals surface area contributed by atoms with Crippen LogP contribution in [-0.4, -0.2) is 17.2 Å². The molecule has 3 rings (SSSR count). The van der Waals surface area contributed by atoms with Gasteiger partial charge in [-0.05, 0) is 18.2 Å². The Morgan fingerprint density at radius 2 is 1.96 bits per heavy atom. The molecule has 7 heteroatoms. The first kappa shape index (κ1) is 14.7. The Balaban J connectivity index is 1.63. The summed E-state index contributed by atoms with van der Waals surface area (Å²) in [5, 5.41) is 7.15. The number of hydrazone groups is 1. The first-order valence-electron chi connectivity index (χ1n) is 6.75. The van der Waals surface area contributed by atoms with Gasteiger partial charge in [-0.2, -0.15) is 5.10 Å². The number of anilines is 1. The summed E-state index contributed by atoms with van der Waals surface area (Å²) in [6.07, 6.45) is 3.26. The minimum Gasteiger partial charge on any atom is -0.361 e. The maximum Gasteiger partial charge on any atom is 0.339 e. The van der Waals surface area contributed by atoms with Crippen LogP contribution < -0.4 is 10.7 Å². The lowest BCUT2D eigenvalue weighted by Gasteiger charge is -2.04. The zero-order valence-electron chi connectivity index (χ0n) is 11.8. The molecule has 0 radical (unpaired) electrons. The molecule has 2 amide bonds. The van der Waals surface area contributed by atoms with Gasteiger partial charge in [0.05, 0.1) is 6.21 Å². The third-order valence-corrected chi connectivity index (χ3v) is 3.17. The van der Waals surface area contributed by atoms with Crippen molar-refractivity contribution in [3.8, 4) is 0 Å². The molecule has 2 aromatic carbocycles. The molecule has 1 aromatic heterocycles. The summed E-state index contributed by atoms with van der Waals surface area (Å²) in [5.41, 5.74) is 4.16. The second kappa shape index (κ2) is 6.27. The molecule has 0 spiro atoms. The van der Waals surface area contributed by atoms with Crippen LogP contribution in [0.25, 0.3) is 10.9 Å². The third kappa shape index (κ3) is 3.34. The topological polar surface area (TPSA) is 69.3 Å². The number of hydrogen-bond acceptors (Lipinski definition) is 2. The van der Waals surface area contributed by atoms with E-state index in [-0.39, 0.29) is 5.69 Å². The number of amides is 2. The van der Waals surface area contributed by atoms with Crippen molar-refractivity contribution in [1.29, 1.82) is 0 Å². The number of benzene rings is 2. The Morgan fingerprint density at radius 3 is 2.78 bits per heavy atom. The average molecular weight is 314 g/mol. The van der Waals surface area contributed by atoms with Crippen molar-refractivity contribution in [3.63, 3.8) is 0 Å². The molecular weight excluding hydrogens is 302 g/mol. The summed E-state index contributed by atoms with van der Waals surface area (Å²) in [7, 11) is 0. The number of aromatic amines is 1. The molecule has 3 aromatic rings. The predicted octanol–water partition coefficient (Wildman–Crippen LogP) is 3.60. The molecule has 0 aliphatic carbocycles. The molecule has 3 N–H and O–H groups in total. The van der Waals surface area contributed by atoms with Crippen LogP contribution >= 0.6 is 0 Å². The first-order chi connectivity index (χ1) is 11.1. The molecule has 0 bridgehead atoms. The number of hydrogen-bond donors (Lipinski definition) is 3. The van der Waals surface area contributed by atoms with Gasteiger partial charge in [-0.3, -0.25) is 0 Å². The van der Waals surface area contributed by atoms with Crippen molar-refractivity contribution in [1.82, 2.24) is 10.4 Å². The van der Waals surface area contributed by atoms with Gasteiger partial charge in [-0.15, -0.1) is 0 Å². The second-order valence-corrected chi connectivity index (χ2v) is 4.74. The van der Waals surface area contributed by atoms with Crippen molar-refractivity contribution in [2.45, 2.75) is 0 Å².